The van der Waals surface area contributed by atoms with Gasteiger partial charge < -0.3 is 15.3 Å². The first-order chi connectivity index (χ1) is 17.6. The van der Waals surface area contributed by atoms with Gasteiger partial charge in [-0.05, 0) is 61.2 Å². The number of urea groups is 1. The Balaban J connectivity index is 1.50. The zero-order chi connectivity index (χ0) is 26.6. The molecule has 1 aliphatic heterocycles. The van der Waals surface area contributed by atoms with Gasteiger partial charge in [-0.15, -0.1) is 0 Å². The molecular weight excluding hydrogens is 486 g/mol. The van der Waals surface area contributed by atoms with Crippen molar-refractivity contribution in [2.45, 2.75) is 44.6 Å². The molecule has 0 saturated carbocycles. The molecule has 0 bridgehead atoms. The normalized spacial score (nSPS) is 15.8. The smallest absolute Gasteiger partial charge is 0.416 e. The van der Waals surface area contributed by atoms with Crippen LogP contribution in [0.2, 0.25) is 0 Å². The predicted octanol–water partition coefficient (Wildman–Crippen LogP) is 6.81. The van der Waals surface area contributed by atoms with Crippen LogP contribution in [0.15, 0.2) is 72.8 Å². The maximum absolute atomic E-state index is 13.9. The monoisotopic (exact) mass is 515 g/mol. The summed E-state index contributed by atoms with van der Waals surface area (Å²) in [6.07, 6.45) is -3.43. The Morgan fingerprint density at radius 3 is 2.41 bits per heavy atom. The van der Waals surface area contributed by atoms with E-state index in [2.05, 4.69) is 17.1 Å². The van der Waals surface area contributed by atoms with Gasteiger partial charge in [0.05, 0.1) is 5.56 Å². The zero-order valence-electron chi connectivity index (χ0n) is 20.4. The molecule has 1 fully saturated rings. The minimum atomic E-state index is -4.73. The van der Waals surface area contributed by atoms with Crippen LogP contribution in [-0.4, -0.2) is 40.1 Å². The second-order valence-corrected chi connectivity index (χ2v) is 9.31. The van der Waals surface area contributed by atoms with Crippen molar-refractivity contribution in [2.24, 2.45) is 0 Å². The number of carbonyl (C=O) groups excluding carboxylic acids is 1. The molecule has 1 saturated heterocycles. The summed E-state index contributed by atoms with van der Waals surface area (Å²) in [5.74, 6) is -0.870. The van der Waals surface area contributed by atoms with Crippen LogP contribution in [0.25, 0.3) is 0 Å². The van der Waals surface area contributed by atoms with E-state index in [9.17, 15) is 27.5 Å². The van der Waals surface area contributed by atoms with Gasteiger partial charge in [-0.2, -0.15) is 13.2 Å². The van der Waals surface area contributed by atoms with Crippen molar-refractivity contribution in [2.75, 3.05) is 18.4 Å². The lowest BCUT2D eigenvalue weighted by atomic mass is 9.98. The Bertz CT molecular complexity index is 1210. The van der Waals surface area contributed by atoms with Gasteiger partial charge in [0.15, 0.2) is 0 Å². The van der Waals surface area contributed by atoms with Crippen molar-refractivity contribution in [3.63, 3.8) is 0 Å². The summed E-state index contributed by atoms with van der Waals surface area (Å²) < 4.78 is 53.4. The number of nitrogens with one attached hydrogen (secondary N) is 1. The van der Waals surface area contributed by atoms with E-state index in [1.54, 1.807) is 23.1 Å². The summed E-state index contributed by atoms with van der Waals surface area (Å²) in [7, 11) is 0. The maximum Gasteiger partial charge on any atom is 0.416 e. The largest absolute Gasteiger partial charge is 0.508 e. The molecule has 4 rings (SSSR count). The third-order valence-corrected chi connectivity index (χ3v) is 6.77. The standard InChI is InChI=1S/C28H29F4N3O2/c1-19(21-8-5-9-26(36)14-21)34-12-10-25(11-13-34)35(18-20-6-3-2-4-7-20)27(37)33-24-16-22(28(30,31)32)15-23(29)17-24/h2-9,14-17,19,25,36H,10-13,18H2,1H3,(H,33,37). The molecule has 0 aliphatic carbocycles. The number of hydrogen-bond acceptors (Lipinski definition) is 3. The highest BCUT2D eigenvalue weighted by Crippen LogP contribution is 2.32. The number of phenolic OH excluding ortho intramolecular Hbond substituents is 1. The molecule has 1 aliphatic rings. The van der Waals surface area contributed by atoms with Crippen molar-refractivity contribution in [1.82, 2.24) is 9.80 Å². The molecule has 0 radical (unpaired) electrons. The average Bonchev–Trinajstić information content (AvgIpc) is 2.87. The number of phenols is 1. The van der Waals surface area contributed by atoms with Crippen molar-refractivity contribution < 1.29 is 27.5 Å². The molecule has 1 atom stereocenters. The number of anilines is 1. The Hall–Kier alpha value is -3.59. The Morgan fingerprint density at radius 1 is 1.05 bits per heavy atom. The van der Waals surface area contributed by atoms with E-state index in [4.69, 9.17) is 0 Å². The third-order valence-electron chi connectivity index (χ3n) is 6.77. The molecule has 5 nitrogen and oxygen atoms in total. The first kappa shape index (κ1) is 26.5. The summed E-state index contributed by atoms with van der Waals surface area (Å²) in [5, 5.41) is 12.3. The second-order valence-electron chi connectivity index (χ2n) is 9.31. The minimum absolute atomic E-state index is 0.0672. The van der Waals surface area contributed by atoms with Crippen molar-refractivity contribution in [3.8, 4) is 5.75 Å². The molecule has 196 valence electrons. The summed E-state index contributed by atoms with van der Waals surface area (Å²) in [6, 6.07) is 17.8. The molecule has 2 amide bonds. The molecule has 3 aromatic carbocycles. The number of piperidine rings is 1. The van der Waals surface area contributed by atoms with Gasteiger partial charge in [0.25, 0.3) is 0 Å². The SMILES string of the molecule is CC(c1cccc(O)c1)N1CCC(N(Cc2ccccc2)C(=O)Nc2cc(F)cc(C(F)(F)F)c2)CC1. The fraction of sp³-hybridized carbons (Fsp3) is 0.321. The van der Waals surface area contributed by atoms with Crippen LogP contribution in [0, 0.1) is 5.82 Å². The van der Waals surface area contributed by atoms with Crippen molar-refractivity contribution in [3.05, 3.63) is 95.3 Å². The van der Waals surface area contributed by atoms with Crippen LogP contribution in [0.4, 0.5) is 28.0 Å². The summed E-state index contributed by atoms with van der Waals surface area (Å²) in [4.78, 5) is 17.2. The number of benzene rings is 3. The van der Waals surface area contributed by atoms with Crippen LogP contribution in [-0.2, 0) is 12.7 Å². The van der Waals surface area contributed by atoms with E-state index in [0.29, 0.717) is 32.0 Å². The Morgan fingerprint density at radius 2 is 1.76 bits per heavy atom. The zero-order valence-corrected chi connectivity index (χ0v) is 20.4. The van der Waals surface area contributed by atoms with Gasteiger partial charge in [0.1, 0.15) is 11.6 Å². The van der Waals surface area contributed by atoms with Gasteiger partial charge in [-0.1, -0.05) is 42.5 Å². The van der Waals surface area contributed by atoms with Gasteiger partial charge in [0.2, 0.25) is 0 Å². The molecule has 0 spiro atoms. The number of carbonyl (C=O) groups is 1. The molecule has 0 aromatic heterocycles. The third kappa shape index (κ3) is 6.80. The van der Waals surface area contributed by atoms with E-state index >= 15 is 0 Å². The highest BCUT2D eigenvalue weighted by atomic mass is 19.4. The molecule has 2 N–H and O–H groups in total. The number of amides is 2. The number of nitrogens with zero attached hydrogens (tertiary/aromatic N) is 2. The van der Waals surface area contributed by atoms with Crippen LogP contribution in [0.3, 0.4) is 0 Å². The van der Waals surface area contributed by atoms with Crippen molar-refractivity contribution in [1.29, 1.82) is 0 Å². The van der Waals surface area contributed by atoms with E-state index in [0.717, 1.165) is 23.3 Å². The maximum atomic E-state index is 13.9. The van der Waals surface area contributed by atoms with Gasteiger partial charge >= 0.3 is 12.2 Å². The molecular formula is C28H29F4N3O2. The van der Waals surface area contributed by atoms with Crippen LogP contribution >= 0.6 is 0 Å². The number of hydrogen-bond donors (Lipinski definition) is 2. The van der Waals surface area contributed by atoms with Crippen molar-refractivity contribution >= 4 is 11.7 Å². The summed E-state index contributed by atoms with van der Waals surface area (Å²) in [6.45, 7) is 3.71. The molecule has 9 heteroatoms. The lowest BCUT2D eigenvalue weighted by Crippen LogP contribution is -2.48. The molecule has 3 aromatic rings. The van der Waals surface area contributed by atoms with Gasteiger partial charge in [0, 0.05) is 37.4 Å². The number of rotatable bonds is 6. The minimum Gasteiger partial charge on any atom is -0.508 e. The van der Waals surface area contributed by atoms with E-state index < -0.39 is 23.6 Å². The Labute approximate surface area is 213 Å². The number of halogens is 4. The number of alkyl halides is 3. The lowest BCUT2D eigenvalue weighted by molar-refractivity contribution is -0.137. The first-order valence-electron chi connectivity index (χ1n) is 12.1. The van der Waals surface area contributed by atoms with E-state index in [1.807, 2.05) is 36.4 Å². The van der Waals surface area contributed by atoms with E-state index in [1.165, 1.54) is 0 Å². The Kier molecular flexibility index (Phi) is 8.02. The van der Waals surface area contributed by atoms with Gasteiger partial charge in [-0.25, -0.2) is 9.18 Å². The van der Waals surface area contributed by atoms with Crippen LogP contribution in [0.1, 0.15) is 42.5 Å². The summed E-state index contributed by atoms with van der Waals surface area (Å²) in [5.41, 5.74) is 0.462. The molecule has 1 heterocycles. The lowest BCUT2D eigenvalue weighted by Gasteiger charge is -2.41. The predicted molar refractivity (Wildman–Crippen MR) is 134 cm³/mol. The highest BCUT2D eigenvalue weighted by Gasteiger charge is 2.33. The van der Waals surface area contributed by atoms with Crippen LogP contribution < -0.4 is 5.32 Å². The quantitative estimate of drug-likeness (QED) is 0.355. The van der Waals surface area contributed by atoms with Gasteiger partial charge in [-0.3, -0.25) is 4.90 Å². The topological polar surface area (TPSA) is 55.8 Å². The summed E-state index contributed by atoms with van der Waals surface area (Å²) >= 11 is 0. The fourth-order valence-electron chi connectivity index (χ4n) is 4.75. The second kappa shape index (κ2) is 11.2. The molecule has 37 heavy (non-hydrogen) atoms. The first-order valence-corrected chi connectivity index (χ1v) is 12.1. The number of aromatic hydroxyl groups is 1. The number of likely N-dealkylation sites (tertiary alicyclic amines) is 1. The highest BCUT2D eigenvalue weighted by molar-refractivity contribution is 5.89. The molecule has 1 unspecified atom stereocenters. The average molecular weight is 516 g/mol. The fourth-order valence-corrected chi connectivity index (χ4v) is 4.75. The van der Waals surface area contributed by atoms with Crippen LogP contribution in [0.5, 0.6) is 5.75 Å². The van der Waals surface area contributed by atoms with E-state index in [-0.39, 0.29) is 30.1 Å².